The number of benzene rings is 3. The van der Waals surface area contributed by atoms with E-state index in [1.54, 1.807) is 29.2 Å². The van der Waals surface area contributed by atoms with Crippen molar-refractivity contribution < 1.29 is 14.7 Å². The summed E-state index contributed by atoms with van der Waals surface area (Å²) in [7, 11) is 0. The van der Waals surface area contributed by atoms with Crippen LogP contribution in [-0.4, -0.2) is 16.8 Å². The van der Waals surface area contributed by atoms with Gasteiger partial charge in [-0.2, -0.15) is 0 Å². The summed E-state index contributed by atoms with van der Waals surface area (Å²) in [5, 5.41) is 12.0. The molecule has 1 heterocycles. The molecule has 1 aliphatic rings. The number of aliphatic hydroxyl groups is 1. The smallest absolute Gasteiger partial charge is 0.264 e. The summed E-state index contributed by atoms with van der Waals surface area (Å²) in [5.41, 5.74) is 3.39. The second-order valence-corrected chi connectivity index (χ2v) is 8.69. The number of anilines is 1. The molecule has 3 aromatic carbocycles. The highest BCUT2D eigenvalue weighted by Gasteiger charge is 2.51. The van der Waals surface area contributed by atoms with Gasteiger partial charge in [0.1, 0.15) is 0 Å². The molecule has 0 fully saturated rings. The number of hydrogen-bond donors (Lipinski definition) is 1. The van der Waals surface area contributed by atoms with Crippen LogP contribution in [0.5, 0.6) is 0 Å². The van der Waals surface area contributed by atoms with Crippen LogP contribution >= 0.6 is 11.6 Å². The van der Waals surface area contributed by atoms with E-state index in [2.05, 4.69) is 0 Å². The monoisotopic (exact) mass is 433 g/mol. The number of rotatable bonds is 5. The third-order valence-electron chi connectivity index (χ3n) is 5.98. The minimum Gasteiger partial charge on any atom is -0.375 e. The zero-order chi connectivity index (χ0) is 22.3. The largest absolute Gasteiger partial charge is 0.375 e. The lowest BCUT2D eigenvalue weighted by Gasteiger charge is -2.23. The summed E-state index contributed by atoms with van der Waals surface area (Å²) in [5.74, 6) is -0.789. The first kappa shape index (κ1) is 21.3. The minimum atomic E-state index is -1.96. The van der Waals surface area contributed by atoms with Crippen LogP contribution in [0, 0.1) is 20.8 Å². The van der Waals surface area contributed by atoms with Crippen LogP contribution in [0.3, 0.4) is 0 Å². The number of ketones is 1. The highest BCUT2D eigenvalue weighted by atomic mass is 35.5. The van der Waals surface area contributed by atoms with Crippen molar-refractivity contribution in [3.63, 3.8) is 0 Å². The fourth-order valence-corrected chi connectivity index (χ4v) is 4.43. The van der Waals surface area contributed by atoms with E-state index in [9.17, 15) is 14.7 Å². The van der Waals surface area contributed by atoms with Gasteiger partial charge in [-0.3, -0.25) is 9.59 Å². The lowest BCUT2D eigenvalue weighted by molar-refractivity contribution is -0.136. The molecule has 3 aromatic rings. The molecule has 4 rings (SSSR count). The normalized spacial score (nSPS) is 17.7. The quantitative estimate of drug-likeness (QED) is 0.557. The summed E-state index contributed by atoms with van der Waals surface area (Å²) in [6, 6.07) is 18.3. The molecule has 1 aliphatic heterocycles. The van der Waals surface area contributed by atoms with Gasteiger partial charge in [0.05, 0.1) is 18.7 Å². The Morgan fingerprint density at radius 1 is 1.00 bits per heavy atom. The predicted molar refractivity (Wildman–Crippen MR) is 123 cm³/mol. The molecule has 5 heteroatoms. The van der Waals surface area contributed by atoms with Gasteiger partial charge < -0.3 is 10.0 Å². The molecule has 0 radical (unpaired) electrons. The van der Waals surface area contributed by atoms with Crippen LogP contribution in [0.25, 0.3) is 0 Å². The zero-order valence-electron chi connectivity index (χ0n) is 17.8. The molecule has 1 atom stereocenters. The van der Waals surface area contributed by atoms with Gasteiger partial charge in [0.15, 0.2) is 11.4 Å². The second kappa shape index (κ2) is 7.95. The molecule has 0 spiro atoms. The number of carbonyl (C=O) groups is 2. The third-order valence-corrected chi connectivity index (χ3v) is 6.22. The first-order chi connectivity index (χ1) is 14.7. The molecule has 1 amide bonds. The van der Waals surface area contributed by atoms with Gasteiger partial charge in [0.2, 0.25) is 0 Å². The van der Waals surface area contributed by atoms with E-state index in [0.717, 1.165) is 22.3 Å². The van der Waals surface area contributed by atoms with Gasteiger partial charge in [-0.25, -0.2) is 0 Å². The first-order valence-electron chi connectivity index (χ1n) is 10.2. The SMILES string of the molecule is Cc1ccc(C(=O)C[C@]2(O)C(=O)N(Cc3ccccc3C)c3ccc(Cl)cc32)c(C)c1. The topological polar surface area (TPSA) is 57.6 Å². The maximum absolute atomic E-state index is 13.5. The van der Waals surface area contributed by atoms with Crippen molar-refractivity contribution in [3.05, 3.63) is 99.1 Å². The number of fused-ring (bicyclic) bond motifs is 1. The van der Waals surface area contributed by atoms with E-state index in [1.807, 2.05) is 57.2 Å². The summed E-state index contributed by atoms with van der Waals surface area (Å²) in [6.07, 6.45) is -0.340. The number of nitrogens with zero attached hydrogens (tertiary/aromatic N) is 1. The summed E-state index contributed by atoms with van der Waals surface area (Å²) >= 11 is 6.20. The minimum absolute atomic E-state index is 0.281. The lowest BCUT2D eigenvalue weighted by atomic mass is 9.87. The fraction of sp³-hybridized carbons (Fsp3) is 0.231. The van der Waals surface area contributed by atoms with Crippen LogP contribution in [-0.2, 0) is 16.9 Å². The van der Waals surface area contributed by atoms with Gasteiger partial charge in [0.25, 0.3) is 5.91 Å². The van der Waals surface area contributed by atoms with E-state index < -0.39 is 11.5 Å². The van der Waals surface area contributed by atoms with E-state index in [1.165, 1.54) is 0 Å². The predicted octanol–water partition coefficient (Wildman–Crippen LogP) is 5.27. The number of Topliss-reactive ketones (excluding diaryl/α,β-unsaturated/α-hetero) is 1. The summed E-state index contributed by atoms with van der Waals surface area (Å²) in [6.45, 7) is 6.10. The Hall–Kier alpha value is -2.95. The average molecular weight is 434 g/mol. The van der Waals surface area contributed by atoms with Crippen molar-refractivity contribution in [2.24, 2.45) is 0 Å². The molecular formula is C26H24ClNO3. The average Bonchev–Trinajstić information content (AvgIpc) is 2.91. The van der Waals surface area contributed by atoms with Gasteiger partial charge in [0, 0.05) is 16.1 Å². The lowest BCUT2D eigenvalue weighted by Crippen LogP contribution is -2.41. The van der Waals surface area contributed by atoms with E-state index in [0.29, 0.717) is 28.4 Å². The molecule has 158 valence electrons. The molecule has 0 bridgehead atoms. The van der Waals surface area contributed by atoms with Crippen molar-refractivity contribution in [1.29, 1.82) is 0 Å². The third kappa shape index (κ3) is 3.78. The zero-order valence-corrected chi connectivity index (χ0v) is 18.5. The Morgan fingerprint density at radius 2 is 1.74 bits per heavy atom. The number of amides is 1. The molecule has 0 saturated carbocycles. The van der Waals surface area contributed by atoms with Gasteiger partial charge >= 0.3 is 0 Å². The van der Waals surface area contributed by atoms with Gasteiger partial charge in [-0.05, 0) is 55.7 Å². The van der Waals surface area contributed by atoms with Crippen LogP contribution in [0.15, 0.2) is 60.7 Å². The molecule has 0 aromatic heterocycles. The highest BCUT2D eigenvalue weighted by Crippen LogP contribution is 2.45. The molecule has 0 saturated heterocycles. The Bertz CT molecular complexity index is 1200. The van der Waals surface area contributed by atoms with E-state index in [-0.39, 0.29) is 12.2 Å². The van der Waals surface area contributed by atoms with Crippen LogP contribution in [0.2, 0.25) is 5.02 Å². The summed E-state index contributed by atoms with van der Waals surface area (Å²) in [4.78, 5) is 28.2. The maximum Gasteiger partial charge on any atom is 0.264 e. The molecule has 4 nitrogen and oxygen atoms in total. The number of carbonyl (C=O) groups excluding carboxylic acids is 2. The van der Waals surface area contributed by atoms with Crippen molar-refractivity contribution in [1.82, 2.24) is 0 Å². The van der Waals surface area contributed by atoms with Crippen LogP contribution in [0.4, 0.5) is 5.69 Å². The van der Waals surface area contributed by atoms with Crippen LogP contribution < -0.4 is 4.90 Å². The van der Waals surface area contributed by atoms with Gasteiger partial charge in [-0.15, -0.1) is 0 Å². The second-order valence-electron chi connectivity index (χ2n) is 8.26. The Kier molecular flexibility index (Phi) is 5.46. The first-order valence-corrected chi connectivity index (χ1v) is 10.6. The maximum atomic E-state index is 13.5. The molecule has 1 N–H and O–H groups in total. The molecule has 0 unspecified atom stereocenters. The molecular weight excluding hydrogens is 410 g/mol. The number of aryl methyl sites for hydroxylation is 3. The highest BCUT2D eigenvalue weighted by molar-refractivity contribution is 6.31. The fourth-order valence-electron chi connectivity index (χ4n) is 4.26. The van der Waals surface area contributed by atoms with Crippen molar-refractivity contribution >= 4 is 29.0 Å². The van der Waals surface area contributed by atoms with Crippen molar-refractivity contribution in [3.8, 4) is 0 Å². The van der Waals surface area contributed by atoms with E-state index in [4.69, 9.17) is 11.6 Å². The Labute approximate surface area is 187 Å². The van der Waals surface area contributed by atoms with Crippen LogP contribution in [0.1, 0.15) is 44.6 Å². The molecule has 31 heavy (non-hydrogen) atoms. The van der Waals surface area contributed by atoms with Crippen molar-refractivity contribution in [2.75, 3.05) is 4.90 Å². The number of halogens is 1. The standard InChI is InChI=1S/C26H24ClNO3/c1-16-8-10-21(18(3)12-16)24(29)14-26(31)22-13-20(27)9-11-23(22)28(25(26)30)15-19-7-5-4-6-17(19)2/h4-13,31H,14-15H2,1-3H3/t26-/m1/s1. The van der Waals surface area contributed by atoms with E-state index >= 15 is 0 Å². The Balaban J connectivity index is 1.73. The van der Waals surface area contributed by atoms with Gasteiger partial charge in [-0.1, -0.05) is 59.6 Å². The summed E-state index contributed by atoms with van der Waals surface area (Å²) < 4.78 is 0. The molecule has 0 aliphatic carbocycles. The Morgan fingerprint density at radius 3 is 2.45 bits per heavy atom. The number of hydrogen-bond acceptors (Lipinski definition) is 3. The van der Waals surface area contributed by atoms with Crippen molar-refractivity contribution in [2.45, 2.75) is 39.3 Å².